The second-order valence-corrected chi connectivity index (χ2v) is 9.78. The van der Waals surface area contributed by atoms with Crippen molar-refractivity contribution in [1.82, 2.24) is 4.58 Å². The number of halogens is 4. The Morgan fingerprint density at radius 2 is 1.26 bits per heavy atom. The molecule has 0 aliphatic carbocycles. The highest BCUT2D eigenvalue weighted by Gasteiger charge is 2.24. The van der Waals surface area contributed by atoms with Crippen molar-refractivity contribution in [3.05, 3.63) is 68.7 Å². The van der Waals surface area contributed by atoms with E-state index in [1.165, 1.54) is 88.3 Å². The second-order valence-electron chi connectivity index (χ2n) is 9.78. The van der Waals surface area contributed by atoms with Crippen LogP contribution in [0.1, 0.15) is 53.5 Å². The van der Waals surface area contributed by atoms with Gasteiger partial charge in [-0.05, 0) is 84.7 Å². The molecule has 0 aromatic heterocycles. The minimum absolute atomic E-state index is 1.24. The van der Waals surface area contributed by atoms with Crippen molar-refractivity contribution >= 4 is 25.1 Å². The molecule has 0 amide bonds. The summed E-state index contributed by atoms with van der Waals surface area (Å²) in [6.07, 6.45) is 17.1. The van der Waals surface area contributed by atoms with E-state index in [4.69, 9.17) is 0 Å². The highest BCUT2D eigenvalue weighted by atomic mass is 19.5. The minimum Gasteiger partial charge on any atom is -0.418 e. The third-order valence-corrected chi connectivity index (χ3v) is 7.29. The number of allylic oxidation sites excluding steroid dienone is 1. The fourth-order valence-corrected chi connectivity index (χ4v) is 6.12. The number of benzene rings is 2. The van der Waals surface area contributed by atoms with Gasteiger partial charge in [-0.3, -0.25) is 0 Å². The molecule has 4 heterocycles. The average molecular weight is 470 g/mol. The Labute approximate surface area is 198 Å². The lowest BCUT2D eigenvalue weighted by molar-refractivity contribution is 0.368. The van der Waals surface area contributed by atoms with E-state index in [1.54, 1.807) is 33.3 Å². The number of anilines is 1. The number of nitrogens with zero attached hydrogens (tertiary/aromatic N) is 2. The SMILES string of the molecule is C(/C=C/c1cc2c3c(c1)CCCN3CCC2)=c1cc2c3c(c1)CCC[N+]=3CCC2.F[B-](F)(F)F. The van der Waals surface area contributed by atoms with Crippen LogP contribution in [0.3, 0.4) is 0 Å². The number of hydrogen-bond acceptors (Lipinski definition) is 1. The molecule has 0 radical (unpaired) electrons. The molecule has 0 atom stereocenters. The molecule has 0 unspecified atom stereocenters. The van der Waals surface area contributed by atoms with Gasteiger partial charge in [0.1, 0.15) is 13.1 Å². The van der Waals surface area contributed by atoms with Gasteiger partial charge in [-0.1, -0.05) is 18.2 Å². The van der Waals surface area contributed by atoms with E-state index in [2.05, 4.69) is 52.0 Å². The van der Waals surface area contributed by atoms with E-state index < -0.39 is 7.25 Å². The molecule has 0 N–H and O–H groups in total. The zero-order valence-corrected chi connectivity index (χ0v) is 19.5. The van der Waals surface area contributed by atoms with Gasteiger partial charge in [-0.25, -0.2) is 4.58 Å². The first-order valence-electron chi connectivity index (χ1n) is 12.6. The lowest BCUT2D eigenvalue weighted by Crippen LogP contribution is -2.44. The molecule has 6 rings (SSSR count). The average Bonchev–Trinajstić information content (AvgIpc) is 2.79. The first-order chi connectivity index (χ1) is 16.3. The molecule has 4 aliphatic heterocycles. The van der Waals surface area contributed by atoms with Gasteiger partial charge in [0.15, 0.2) is 0 Å². The molecule has 0 bridgehead atoms. The summed E-state index contributed by atoms with van der Waals surface area (Å²) >= 11 is 0. The topological polar surface area (TPSA) is 6.25 Å². The third kappa shape index (κ3) is 5.23. The van der Waals surface area contributed by atoms with Gasteiger partial charge >= 0.3 is 7.25 Å². The van der Waals surface area contributed by atoms with Crippen molar-refractivity contribution < 1.29 is 17.3 Å². The Hall–Kier alpha value is -2.57. The van der Waals surface area contributed by atoms with E-state index >= 15 is 0 Å². The van der Waals surface area contributed by atoms with Crippen LogP contribution in [-0.2, 0) is 25.7 Å². The lowest BCUT2D eigenvalue weighted by atomic mass is 9.90. The Kier molecular flexibility index (Phi) is 6.54. The highest BCUT2D eigenvalue weighted by Crippen LogP contribution is 2.36. The maximum atomic E-state index is 9.75. The molecule has 34 heavy (non-hydrogen) atoms. The summed E-state index contributed by atoms with van der Waals surface area (Å²) in [4.78, 5) is 2.62. The molecule has 0 spiro atoms. The third-order valence-electron chi connectivity index (χ3n) is 7.29. The minimum atomic E-state index is -6.00. The summed E-state index contributed by atoms with van der Waals surface area (Å²) < 4.78 is 41.6. The Morgan fingerprint density at radius 3 is 1.82 bits per heavy atom. The van der Waals surface area contributed by atoms with Crippen LogP contribution in [0, 0.1) is 0 Å². The Morgan fingerprint density at radius 1 is 0.735 bits per heavy atom. The normalized spacial score (nSPS) is 18.7. The molecule has 2 aromatic carbocycles. The fourth-order valence-electron chi connectivity index (χ4n) is 6.12. The van der Waals surface area contributed by atoms with Crippen LogP contribution in [-0.4, -0.2) is 33.4 Å². The molecule has 2 aromatic rings. The summed E-state index contributed by atoms with van der Waals surface area (Å²) in [7, 11) is -6.00. The first kappa shape index (κ1) is 23.2. The number of rotatable bonds is 2. The number of aryl methyl sites for hydroxylation is 4. The maximum Gasteiger partial charge on any atom is 0.673 e. The molecule has 0 saturated carbocycles. The quantitative estimate of drug-likeness (QED) is 0.355. The van der Waals surface area contributed by atoms with Crippen molar-refractivity contribution in [1.29, 1.82) is 0 Å². The number of hydrogen-bond donors (Lipinski definition) is 0. The van der Waals surface area contributed by atoms with Crippen LogP contribution in [0.15, 0.2) is 30.3 Å². The summed E-state index contributed by atoms with van der Waals surface area (Å²) in [5.74, 6) is 0. The van der Waals surface area contributed by atoms with Crippen LogP contribution >= 0.6 is 0 Å². The van der Waals surface area contributed by atoms with Gasteiger partial charge in [-0.2, -0.15) is 0 Å². The Bertz CT molecular complexity index is 1160. The second kappa shape index (κ2) is 9.59. The van der Waals surface area contributed by atoms with Crippen molar-refractivity contribution in [2.75, 3.05) is 31.1 Å². The van der Waals surface area contributed by atoms with Gasteiger partial charge in [0.25, 0.3) is 0 Å². The van der Waals surface area contributed by atoms with E-state index in [-0.39, 0.29) is 0 Å². The van der Waals surface area contributed by atoms with Crippen molar-refractivity contribution in [3.8, 4) is 0 Å². The van der Waals surface area contributed by atoms with Gasteiger partial charge in [0.2, 0.25) is 5.36 Å². The molecule has 4 aliphatic rings. The summed E-state index contributed by atoms with van der Waals surface area (Å²) in [6.45, 7) is 5.00. The Balaban J connectivity index is 0.000000439. The molecular formula is C27H31BF4N2. The van der Waals surface area contributed by atoms with Crippen molar-refractivity contribution in [2.24, 2.45) is 0 Å². The zero-order chi connectivity index (χ0) is 23.7. The molecule has 0 saturated heterocycles. The zero-order valence-electron chi connectivity index (χ0n) is 19.5. The molecule has 2 nitrogen and oxygen atoms in total. The summed E-state index contributed by atoms with van der Waals surface area (Å²) in [5, 5.41) is 2.95. The fraction of sp³-hybridized carbons (Fsp3) is 0.444. The molecule has 7 heteroatoms. The van der Waals surface area contributed by atoms with Gasteiger partial charge in [0, 0.05) is 42.7 Å². The predicted octanol–water partition coefficient (Wildman–Crippen LogP) is 4.56. The summed E-state index contributed by atoms with van der Waals surface area (Å²) in [5.41, 5.74) is 9.25. The van der Waals surface area contributed by atoms with Gasteiger partial charge in [-0.15, -0.1) is 0 Å². The highest BCUT2D eigenvalue weighted by molar-refractivity contribution is 6.50. The van der Waals surface area contributed by atoms with Gasteiger partial charge in [0.05, 0.1) is 0 Å². The predicted molar refractivity (Wildman–Crippen MR) is 132 cm³/mol. The molecule has 0 fully saturated rings. The van der Waals surface area contributed by atoms with E-state index in [9.17, 15) is 17.3 Å². The molecular weight excluding hydrogens is 439 g/mol. The maximum absolute atomic E-state index is 9.75. The van der Waals surface area contributed by atoms with Crippen LogP contribution in [0.5, 0.6) is 0 Å². The van der Waals surface area contributed by atoms with Crippen LogP contribution in [0.25, 0.3) is 12.2 Å². The summed E-state index contributed by atoms with van der Waals surface area (Å²) in [6, 6.07) is 9.76. The van der Waals surface area contributed by atoms with E-state index in [0.717, 1.165) is 0 Å². The monoisotopic (exact) mass is 470 g/mol. The largest absolute Gasteiger partial charge is 0.673 e. The van der Waals surface area contributed by atoms with Crippen LogP contribution < -0.4 is 20.1 Å². The first-order valence-corrected chi connectivity index (χ1v) is 12.6. The molecule has 180 valence electrons. The standard InChI is InChI=1S/C27H31N2.BF4/c1(6-20-16-22-8-2-12-28-13-3-9-23(17-20)26(22)28)7-21-18-24-10-4-14-29-15-5-11-25(19-21)27(24)29;2-1(3,4)5/h1,6-7,16-19H,2-5,8-15H2;/q+1;-1. The van der Waals surface area contributed by atoms with Crippen molar-refractivity contribution in [3.63, 3.8) is 0 Å². The lowest BCUT2D eigenvalue weighted by Gasteiger charge is -2.37. The van der Waals surface area contributed by atoms with Crippen LogP contribution in [0.2, 0.25) is 0 Å². The van der Waals surface area contributed by atoms with E-state index in [1.807, 2.05) is 0 Å². The van der Waals surface area contributed by atoms with Crippen LogP contribution in [0.4, 0.5) is 23.0 Å². The van der Waals surface area contributed by atoms with Gasteiger partial charge < -0.3 is 22.2 Å². The van der Waals surface area contributed by atoms with E-state index in [0.29, 0.717) is 0 Å². The smallest absolute Gasteiger partial charge is 0.418 e. The van der Waals surface area contributed by atoms with Crippen molar-refractivity contribution in [2.45, 2.75) is 51.4 Å².